The third-order valence-electron chi connectivity index (χ3n) is 1.98. The van der Waals surface area contributed by atoms with Crippen molar-refractivity contribution in [1.82, 2.24) is 4.90 Å². The Morgan fingerprint density at radius 1 is 1.50 bits per heavy atom. The molecule has 1 amide bonds. The zero-order valence-electron chi connectivity index (χ0n) is 8.46. The molecule has 0 aliphatic carbocycles. The summed E-state index contributed by atoms with van der Waals surface area (Å²) < 4.78 is 0.938. The number of carbonyl (C=O) groups is 1. The molecule has 0 heterocycles. The second kappa shape index (κ2) is 5.15. The normalized spacial score (nSPS) is 9.93. The standard InChI is InChI=1S/C11H14BrNO/c1-3-7-13(2)11(14)9-5-4-6-10(12)8-9/h4-6,8H,3,7H2,1-2H3. The number of hydrogen-bond donors (Lipinski definition) is 0. The molecule has 0 unspecified atom stereocenters. The van der Waals surface area contributed by atoms with Gasteiger partial charge in [0.15, 0.2) is 0 Å². The van der Waals surface area contributed by atoms with Gasteiger partial charge in [-0.25, -0.2) is 0 Å². The topological polar surface area (TPSA) is 20.3 Å². The van der Waals surface area contributed by atoms with E-state index in [0.717, 1.165) is 23.0 Å². The Labute approximate surface area is 93.0 Å². The van der Waals surface area contributed by atoms with Gasteiger partial charge in [0.05, 0.1) is 0 Å². The molecule has 0 N–H and O–H groups in total. The Morgan fingerprint density at radius 2 is 2.21 bits per heavy atom. The summed E-state index contributed by atoms with van der Waals surface area (Å²) in [5, 5.41) is 0. The summed E-state index contributed by atoms with van der Waals surface area (Å²) in [5.41, 5.74) is 0.732. The third-order valence-corrected chi connectivity index (χ3v) is 2.47. The second-order valence-corrected chi connectivity index (χ2v) is 4.15. The number of hydrogen-bond acceptors (Lipinski definition) is 1. The molecule has 76 valence electrons. The van der Waals surface area contributed by atoms with Crippen LogP contribution in [0, 0.1) is 0 Å². The molecule has 0 atom stereocenters. The number of carbonyl (C=O) groups excluding carboxylic acids is 1. The average molecular weight is 256 g/mol. The predicted octanol–water partition coefficient (Wildman–Crippen LogP) is 2.93. The minimum atomic E-state index is 0.0770. The number of rotatable bonds is 3. The van der Waals surface area contributed by atoms with Gasteiger partial charge in [-0.3, -0.25) is 4.79 Å². The molecule has 0 aliphatic heterocycles. The molecular formula is C11H14BrNO. The molecule has 0 saturated carbocycles. The average Bonchev–Trinajstić information content (AvgIpc) is 2.17. The molecule has 3 heteroatoms. The van der Waals surface area contributed by atoms with Crippen molar-refractivity contribution in [2.24, 2.45) is 0 Å². The highest BCUT2D eigenvalue weighted by Gasteiger charge is 2.10. The Hall–Kier alpha value is -0.830. The first-order valence-corrected chi connectivity index (χ1v) is 5.45. The van der Waals surface area contributed by atoms with Gasteiger partial charge in [0, 0.05) is 23.6 Å². The third kappa shape index (κ3) is 2.84. The summed E-state index contributed by atoms with van der Waals surface area (Å²) in [6.45, 7) is 2.86. The fraction of sp³-hybridized carbons (Fsp3) is 0.364. The molecule has 0 aromatic heterocycles. The van der Waals surface area contributed by atoms with Crippen LogP contribution in [0.15, 0.2) is 28.7 Å². The second-order valence-electron chi connectivity index (χ2n) is 3.24. The van der Waals surface area contributed by atoms with Crippen LogP contribution in [0.25, 0.3) is 0 Å². The minimum absolute atomic E-state index is 0.0770. The highest BCUT2D eigenvalue weighted by molar-refractivity contribution is 9.10. The molecule has 1 aromatic carbocycles. The quantitative estimate of drug-likeness (QED) is 0.814. The number of halogens is 1. The molecule has 1 aromatic rings. The molecular weight excluding hydrogens is 242 g/mol. The van der Waals surface area contributed by atoms with Gasteiger partial charge in [-0.1, -0.05) is 28.9 Å². The van der Waals surface area contributed by atoms with Gasteiger partial charge < -0.3 is 4.90 Å². The van der Waals surface area contributed by atoms with E-state index in [1.165, 1.54) is 0 Å². The van der Waals surface area contributed by atoms with Gasteiger partial charge >= 0.3 is 0 Å². The van der Waals surface area contributed by atoms with E-state index in [9.17, 15) is 4.79 Å². The van der Waals surface area contributed by atoms with Gasteiger partial charge in [0.1, 0.15) is 0 Å². The lowest BCUT2D eigenvalue weighted by molar-refractivity contribution is 0.0795. The Balaban J connectivity index is 2.78. The molecule has 0 radical (unpaired) electrons. The van der Waals surface area contributed by atoms with Crippen molar-refractivity contribution in [3.05, 3.63) is 34.3 Å². The van der Waals surface area contributed by atoms with Crippen molar-refractivity contribution in [2.75, 3.05) is 13.6 Å². The molecule has 0 aliphatic rings. The van der Waals surface area contributed by atoms with E-state index in [2.05, 4.69) is 22.9 Å². The molecule has 1 rings (SSSR count). The maximum Gasteiger partial charge on any atom is 0.253 e. The first-order valence-electron chi connectivity index (χ1n) is 4.66. The number of benzene rings is 1. The molecule has 0 fully saturated rings. The van der Waals surface area contributed by atoms with Gasteiger partial charge in [0.2, 0.25) is 0 Å². The van der Waals surface area contributed by atoms with Crippen LogP contribution in [0.5, 0.6) is 0 Å². The largest absolute Gasteiger partial charge is 0.342 e. The van der Waals surface area contributed by atoms with E-state index in [-0.39, 0.29) is 5.91 Å². The van der Waals surface area contributed by atoms with Crippen LogP contribution in [0.1, 0.15) is 23.7 Å². The summed E-state index contributed by atoms with van der Waals surface area (Å²) in [7, 11) is 1.83. The summed E-state index contributed by atoms with van der Waals surface area (Å²) in [5.74, 6) is 0.0770. The highest BCUT2D eigenvalue weighted by atomic mass is 79.9. The zero-order chi connectivity index (χ0) is 10.6. The monoisotopic (exact) mass is 255 g/mol. The fourth-order valence-corrected chi connectivity index (χ4v) is 1.68. The van der Waals surface area contributed by atoms with Crippen LogP contribution in [-0.2, 0) is 0 Å². The first-order chi connectivity index (χ1) is 6.65. The van der Waals surface area contributed by atoms with Crippen molar-refractivity contribution in [1.29, 1.82) is 0 Å². The first kappa shape index (κ1) is 11.2. The van der Waals surface area contributed by atoms with Crippen LogP contribution >= 0.6 is 15.9 Å². The van der Waals surface area contributed by atoms with Crippen molar-refractivity contribution in [2.45, 2.75) is 13.3 Å². The van der Waals surface area contributed by atoms with E-state index < -0.39 is 0 Å². The number of amides is 1. The minimum Gasteiger partial charge on any atom is -0.342 e. The fourth-order valence-electron chi connectivity index (χ4n) is 1.28. The van der Waals surface area contributed by atoms with Crippen LogP contribution in [0.4, 0.5) is 0 Å². The summed E-state index contributed by atoms with van der Waals surface area (Å²) in [4.78, 5) is 13.5. The Bertz CT molecular complexity index is 325. The van der Waals surface area contributed by atoms with Gasteiger partial charge in [-0.2, -0.15) is 0 Å². The molecule has 0 saturated heterocycles. The van der Waals surface area contributed by atoms with E-state index in [1.807, 2.05) is 31.3 Å². The SMILES string of the molecule is CCCN(C)C(=O)c1cccc(Br)c1. The number of nitrogens with zero attached hydrogens (tertiary/aromatic N) is 1. The van der Waals surface area contributed by atoms with E-state index in [1.54, 1.807) is 4.90 Å². The Morgan fingerprint density at radius 3 is 2.79 bits per heavy atom. The zero-order valence-corrected chi connectivity index (χ0v) is 10.0. The van der Waals surface area contributed by atoms with Crippen molar-refractivity contribution in [3.63, 3.8) is 0 Å². The molecule has 14 heavy (non-hydrogen) atoms. The lowest BCUT2D eigenvalue weighted by Crippen LogP contribution is -2.27. The predicted molar refractivity (Wildman–Crippen MR) is 61.4 cm³/mol. The van der Waals surface area contributed by atoms with Crippen molar-refractivity contribution < 1.29 is 4.79 Å². The molecule has 2 nitrogen and oxygen atoms in total. The summed E-state index contributed by atoms with van der Waals surface area (Å²) in [6.07, 6.45) is 0.982. The lowest BCUT2D eigenvalue weighted by Gasteiger charge is -2.15. The maximum atomic E-state index is 11.8. The maximum absolute atomic E-state index is 11.8. The summed E-state index contributed by atoms with van der Waals surface area (Å²) >= 11 is 3.35. The molecule has 0 bridgehead atoms. The summed E-state index contributed by atoms with van der Waals surface area (Å²) in [6, 6.07) is 7.46. The molecule has 0 spiro atoms. The van der Waals surface area contributed by atoms with Crippen molar-refractivity contribution >= 4 is 21.8 Å². The van der Waals surface area contributed by atoms with Crippen LogP contribution in [0.2, 0.25) is 0 Å². The van der Waals surface area contributed by atoms with E-state index in [4.69, 9.17) is 0 Å². The van der Waals surface area contributed by atoms with Crippen LogP contribution in [0.3, 0.4) is 0 Å². The van der Waals surface area contributed by atoms with Crippen LogP contribution < -0.4 is 0 Å². The van der Waals surface area contributed by atoms with Gasteiger partial charge in [-0.05, 0) is 24.6 Å². The van der Waals surface area contributed by atoms with Gasteiger partial charge in [-0.15, -0.1) is 0 Å². The van der Waals surface area contributed by atoms with Crippen molar-refractivity contribution in [3.8, 4) is 0 Å². The van der Waals surface area contributed by atoms with E-state index in [0.29, 0.717) is 0 Å². The Kier molecular flexibility index (Phi) is 4.14. The van der Waals surface area contributed by atoms with E-state index >= 15 is 0 Å². The van der Waals surface area contributed by atoms with Gasteiger partial charge in [0.25, 0.3) is 5.91 Å². The smallest absolute Gasteiger partial charge is 0.253 e. The lowest BCUT2D eigenvalue weighted by atomic mass is 10.2. The van der Waals surface area contributed by atoms with Crippen LogP contribution in [-0.4, -0.2) is 24.4 Å². The highest BCUT2D eigenvalue weighted by Crippen LogP contribution is 2.13.